The molecule has 0 fully saturated rings. The van der Waals surface area contributed by atoms with Gasteiger partial charge in [-0.05, 0) is 5.56 Å². The van der Waals surface area contributed by atoms with Gasteiger partial charge in [-0.2, -0.15) is 0 Å². The summed E-state index contributed by atoms with van der Waals surface area (Å²) in [7, 11) is 0. The standard InChI is InChI=1S/C8H9Cl2P/c1-7(11(9)10)8-5-3-2-4-6-8/h2-7H,1H3. The Bertz CT molecular complexity index is 211. The molecule has 0 aliphatic heterocycles. The second-order valence-corrected chi connectivity index (χ2v) is 6.34. The quantitative estimate of drug-likeness (QED) is 0.624. The average Bonchev–Trinajstić information content (AvgIpc) is 2.05. The molecule has 3 heteroatoms. The number of benzene rings is 1. The van der Waals surface area contributed by atoms with Crippen molar-refractivity contribution in [2.24, 2.45) is 0 Å². The van der Waals surface area contributed by atoms with Gasteiger partial charge >= 0.3 is 0 Å². The first kappa shape index (κ1) is 9.32. The summed E-state index contributed by atoms with van der Waals surface area (Å²) in [6.07, 6.45) is 0. The van der Waals surface area contributed by atoms with Gasteiger partial charge in [-0.25, -0.2) is 0 Å². The highest BCUT2D eigenvalue weighted by atomic mass is 35.9. The Hall–Kier alpha value is 0.230. The van der Waals surface area contributed by atoms with Crippen molar-refractivity contribution in [3.05, 3.63) is 35.9 Å². The first-order valence-corrected chi connectivity index (χ1v) is 6.59. The monoisotopic (exact) mass is 206 g/mol. The molecule has 0 nitrogen and oxygen atoms in total. The van der Waals surface area contributed by atoms with E-state index in [4.69, 9.17) is 22.5 Å². The van der Waals surface area contributed by atoms with Gasteiger partial charge in [0.1, 0.15) is 0 Å². The normalized spacial score (nSPS) is 13.5. The van der Waals surface area contributed by atoms with E-state index in [-0.39, 0.29) is 5.66 Å². The van der Waals surface area contributed by atoms with Crippen LogP contribution in [0.4, 0.5) is 0 Å². The Balaban J connectivity index is 2.77. The van der Waals surface area contributed by atoms with Crippen molar-refractivity contribution in [3.8, 4) is 0 Å². The molecule has 1 aromatic rings. The van der Waals surface area contributed by atoms with Crippen molar-refractivity contribution in [1.29, 1.82) is 0 Å². The molecule has 0 aliphatic rings. The molecule has 60 valence electrons. The predicted octanol–water partition coefficient (Wildman–Crippen LogP) is 4.54. The molecule has 1 atom stereocenters. The third-order valence-electron chi connectivity index (χ3n) is 1.57. The third-order valence-corrected chi connectivity index (χ3v) is 4.22. The van der Waals surface area contributed by atoms with Crippen LogP contribution in [0.5, 0.6) is 0 Å². The van der Waals surface area contributed by atoms with Gasteiger partial charge in [0.2, 0.25) is 0 Å². The molecule has 0 spiro atoms. The van der Waals surface area contributed by atoms with E-state index < -0.39 is 6.63 Å². The van der Waals surface area contributed by atoms with Gasteiger partial charge in [0.05, 0.1) is 6.63 Å². The maximum Gasteiger partial charge on any atom is 0.0927 e. The highest BCUT2D eigenvalue weighted by Crippen LogP contribution is 2.59. The zero-order valence-electron chi connectivity index (χ0n) is 6.17. The highest BCUT2D eigenvalue weighted by molar-refractivity contribution is 8.04. The van der Waals surface area contributed by atoms with Gasteiger partial charge in [0.25, 0.3) is 0 Å². The topological polar surface area (TPSA) is 0 Å². The van der Waals surface area contributed by atoms with Gasteiger partial charge in [-0.1, -0.05) is 59.7 Å². The van der Waals surface area contributed by atoms with Crippen LogP contribution < -0.4 is 0 Å². The molecule has 0 bridgehead atoms. The van der Waals surface area contributed by atoms with Crippen molar-refractivity contribution >= 4 is 29.1 Å². The second kappa shape index (κ2) is 4.30. The van der Waals surface area contributed by atoms with E-state index >= 15 is 0 Å². The van der Waals surface area contributed by atoms with Crippen LogP contribution in [-0.4, -0.2) is 0 Å². The van der Waals surface area contributed by atoms with Crippen LogP contribution in [0.3, 0.4) is 0 Å². The Morgan fingerprint density at radius 1 is 1.18 bits per heavy atom. The van der Waals surface area contributed by atoms with E-state index in [2.05, 4.69) is 0 Å². The molecule has 0 amide bonds. The van der Waals surface area contributed by atoms with Crippen LogP contribution in [0.1, 0.15) is 18.1 Å². The Kier molecular flexibility index (Phi) is 3.65. The maximum absolute atomic E-state index is 5.79. The molecule has 0 heterocycles. The van der Waals surface area contributed by atoms with Gasteiger partial charge < -0.3 is 0 Å². The second-order valence-electron chi connectivity index (χ2n) is 2.35. The van der Waals surface area contributed by atoms with E-state index in [0.29, 0.717) is 0 Å². The summed E-state index contributed by atoms with van der Waals surface area (Å²) < 4.78 is 0. The maximum atomic E-state index is 5.79. The summed E-state index contributed by atoms with van der Waals surface area (Å²) in [6, 6.07) is 10.1. The molecule has 0 saturated carbocycles. The number of hydrogen-bond donors (Lipinski definition) is 0. The molecule has 0 saturated heterocycles. The van der Waals surface area contributed by atoms with Crippen LogP contribution in [0.15, 0.2) is 30.3 Å². The van der Waals surface area contributed by atoms with Gasteiger partial charge in [0.15, 0.2) is 0 Å². The summed E-state index contributed by atoms with van der Waals surface area (Å²) in [5, 5.41) is 0. The fourth-order valence-corrected chi connectivity index (χ4v) is 1.92. The minimum atomic E-state index is -0.894. The summed E-state index contributed by atoms with van der Waals surface area (Å²) in [5.74, 6) is 0. The molecular weight excluding hydrogens is 198 g/mol. The largest absolute Gasteiger partial charge is 0.0927 e. The summed E-state index contributed by atoms with van der Waals surface area (Å²) >= 11 is 11.6. The predicted molar refractivity (Wildman–Crippen MR) is 53.5 cm³/mol. The number of hydrogen-bond acceptors (Lipinski definition) is 0. The van der Waals surface area contributed by atoms with Crippen LogP contribution in [0.2, 0.25) is 0 Å². The van der Waals surface area contributed by atoms with E-state index in [1.165, 1.54) is 5.56 Å². The van der Waals surface area contributed by atoms with Gasteiger partial charge in [0, 0.05) is 5.66 Å². The molecular formula is C8H9Cl2P. The molecule has 0 N–H and O–H groups in total. The molecule has 1 unspecified atom stereocenters. The number of halogens is 2. The van der Waals surface area contributed by atoms with E-state index in [1.807, 2.05) is 37.3 Å². The Labute approximate surface area is 77.9 Å². The molecule has 0 aromatic heterocycles. The molecule has 1 rings (SSSR count). The highest BCUT2D eigenvalue weighted by Gasteiger charge is 2.12. The summed E-state index contributed by atoms with van der Waals surface area (Å²) in [5.41, 5.74) is 1.48. The van der Waals surface area contributed by atoms with E-state index in [9.17, 15) is 0 Å². The first-order chi connectivity index (χ1) is 5.22. The lowest BCUT2D eigenvalue weighted by Crippen LogP contribution is -1.84. The average molecular weight is 207 g/mol. The molecule has 1 aromatic carbocycles. The fourth-order valence-electron chi connectivity index (χ4n) is 0.844. The van der Waals surface area contributed by atoms with Crippen LogP contribution >= 0.6 is 29.1 Å². The number of rotatable bonds is 2. The lowest BCUT2D eigenvalue weighted by molar-refractivity contribution is 1.10. The fraction of sp³-hybridized carbons (Fsp3) is 0.250. The van der Waals surface area contributed by atoms with Crippen molar-refractivity contribution < 1.29 is 0 Å². The van der Waals surface area contributed by atoms with Gasteiger partial charge in [-0.3, -0.25) is 0 Å². The first-order valence-electron chi connectivity index (χ1n) is 3.37. The van der Waals surface area contributed by atoms with Crippen LogP contribution in [0, 0.1) is 0 Å². The SMILES string of the molecule is CC(c1ccccc1)P(Cl)Cl. The molecule has 0 aliphatic carbocycles. The van der Waals surface area contributed by atoms with E-state index in [0.717, 1.165) is 0 Å². The molecule has 0 radical (unpaired) electrons. The van der Waals surface area contributed by atoms with Crippen molar-refractivity contribution in [2.45, 2.75) is 12.6 Å². The smallest absolute Gasteiger partial charge is 0.0774 e. The minimum Gasteiger partial charge on any atom is -0.0774 e. The molecule has 11 heavy (non-hydrogen) atoms. The lowest BCUT2D eigenvalue weighted by Gasteiger charge is -2.10. The zero-order valence-corrected chi connectivity index (χ0v) is 8.57. The summed E-state index contributed by atoms with van der Waals surface area (Å²) in [6.45, 7) is 1.15. The third kappa shape index (κ3) is 2.63. The summed E-state index contributed by atoms with van der Waals surface area (Å²) in [4.78, 5) is 0. The van der Waals surface area contributed by atoms with Crippen molar-refractivity contribution in [1.82, 2.24) is 0 Å². The van der Waals surface area contributed by atoms with Crippen molar-refractivity contribution in [2.75, 3.05) is 0 Å². The lowest BCUT2D eigenvalue weighted by atomic mass is 10.2. The Morgan fingerprint density at radius 2 is 1.73 bits per heavy atom. The van der Waals surface area contributed by atoms with E-state index in [1.54, 1.807) is 0 Å². The van der Waals surface area contributed by atoms with Gasteiger partial charge in [-0.15, -0.1) is 0 Å². The van der Waals surface area contributed by atoms with Crippen molar-refractivity contribution in [3.63, 3.8) is 0 Å². The zero-order chi connectivity index (χ0) is 8.27. The minimum absolute atomic E-state index is 0.273. The van der Waals surface area contributed by atoms with Crippen LogP contribution in [-0.2, 0) is 0 Å². The van der Waals surface area contributed by atoms with Crippen LogP contribution in [0.25, 0.3) is 0 Å². The Morgan fingerprint density at radius 3 is 2.18 bits per heavy atom.